The lowest BCUT2D eigenvalue weighted by Gasteiger charge is -2.39. The van der Waals surface area contributed by atoms with Gasteiger partial charge in [0.15, 0.2) is 0 Å². The minimum atomic E-state index is -0.549. The number of benzene rings is 1. The molecular formula is C24H27N5OS2. The van der Waals surface area contributed by atoms with Gasteiger partial charge in [-0.1, -0.05) is 50.3 Å². The van der Waals surface area contributed by atoms with Crippen molar-refractivity contribution in [3.63, 3.8) is 0 Å². The lowest BCUT2D eigenvalue weighted by molar-refractivity contribution is 0.384. The average Bonchev–Trinajstić information content (AvgIpc) is 3.38. The molecule has 0 radical (unpaired) electrons. The van der Waals surface area contributed by atoms with Gasteiger partial charge in [-0.2, -0.15) is 0 Å². The van der Waals surface area contributed by atoms with Crippen LogP contribution in [-0.2, 0) is 12.0 Å². The van der Waals surface area contributed by atoms with Crippen LogP contribution in [0.1, 0.15) is 52.5 Å². The van der Waals surface area contributed by atoms with Crippen LogP contribution >= 0.6 is 23.6 Å². The van der Waals surface area contributed by atoms with Crippen LogP contribution in [0.25, 0.3) is 0 Å². The number of thiazole rings is 1. The Balaban J connectivity index is 1.64. The van der Waals surface area contributed by atoms with Crippen molar-refractivity contribution in [1.82, 2.24) is 15.3 Å². The molecule has 1 spiro atoms. The van der Waals surface area contributed by atoms with E-state index in [1.54, 1.807) is 18.4 Å². The smallest absolute Gasteiger partial charge is 0.213 e. The molecule has 0 aliphatic carbocycles. The minimum Gasteiger partial charge on any atom is -0.481 e. The SMILES string of the molecule is COc1ccc2c(n1)C1(CNC2CN)C(=S)N(Cc2cnc(C(C)C)s2)c2ccccc21. The van der Waals surface area contributed by atoms with Crippen LogP contribution in [0.3, 0.4) is 0 Å². The molecule has 6 nitrogen and oxygen atoms in total. The molecular weight excluding hydrogens is 438 g/mol. The molecule has 0 bridgehead atoms. The summed E-state index contributed by atoms with van der Waals surface area (Å²) in [7, 11) is 1.65. The normalized spacial score (nSPS) is 21.8. The summed E-state index contributed by atoms with van der Waals surface area (Å²) in [6, 6.07) is 12.5. The highest BCUT2D eigenvalue weighted by atomic mass is 32.1. The van der Waals surface area contributed by atoms with E-state index >= 15 is 0 Å². The number of aromatic nitrogens is 2. The molecule has 5 rings (SSSR count). The Labute approximate surface area is 197 Å². The van der Waals surface area contributed by atoms with Gasteiger partial charge in [0.1, 0.15) is 10.4 Å². The molecule has 3 N–H and O–H groups in total. The number of para-hydroxylation sites is 1. The lowest BCUT2D eigenvalue weighted by atomic mass is 9.73. The van der Waals surface area contributed by atoms with Gasteiger partial charge in [-0.05, 0) is 17.2 Å². The first kappa shape index (κ1) is 21.5. The van der Waals surface area contributed by atoms with E-state index in [0.29, 0.717) is 31.4 Å². The molecule has 0 saturated carbocycles. The molecule has 0 saturated heterocycles. The van der Waals surface area contributed by atoms with E-state index in [2.05, 4.69) is 59.4 Å². The van der Waals surface area contributed by atoms with Gasteiger partial charge in [0.25, 0.3) is 0 Å². The van der Waals surface area contributed by atoms with Crippen LogP contribution in [-0.4, -0.2) is 35.2 Å². The van der Waals surface area contributed by atoms with Crippen LogP contribution in [0.4, 0.5) is 5.69 Å². The second-order valence-electron chi connectivity index (χ2n) is 8.59. The Hall–Kier alpha value is -2.39. The van der Waals surface area contributed by atoms with E-state index in [4.69, 9.17) is 27.7 Å². The number of methoxy groups -OCH3 is 1. The van der Waals surface area contributed by atoms with Crippen molar-refractivity contribution in [2.45, 2.75) is 37.8 Å². The highest BCUT2D eigenvalue weighted by Gasteiger charge is 2.53. The molecule has 4 heterocycles. The predicted octanol–water partition coefficient (Wildman–Crippen LogP) is 3.91. The molecule has 2 aliphatic heterocycles. The fourth-order valence-electron chi connectivity index (χ4n) is 4.77. The van der Waals surface area contributed by atoms with E-state index in [-0.39, 0.29) is 6.04 Å². The van der Waals surface area contributed by atoms with Crippen LogP contribution in [0.2, 0.25) is 0 Å². The number of nitrogens with one attached hydrogen (secondary N) is 1. The number of pyridine rings is 1. The second kappa shape index (κ2) is 8.19. The number of ether oxygens (including phenoxy) is 1. The number of hydrogen-bond donors (Lipinski definition) is 2. The maximum atomic E-state index is 6.22. The molecule has 2 aliphatic rings. The summed E-state index contributed by atoms with van der Waals surface area (Å²) in [5.41, 5.74) is 9.86. The standard InChI is InChI=1S/C24H27N5OS2/c1-14(2)22-26-11-15(32-22)12-29-19-7-5-4-6-17(19)24(23(29)31)13-27-18(10-25)16-8-9-20(30-3)28-21(16)24/h4-9,11,14,18,27H,10,12-13,25H2,1-3H3. The quantitative estimate of drug-likeness (QED) is 0.553. The first-order chi connectivity index (χ1) is 15.5. The van der Waals surface area contributed by atoms with Gasteiger partial charge >= 0.3 is 0 Å². The van der Waals surface area contributed by atoms with E-state index in [9.17, 15) is 0 Å². The van der Waals surface area contributed by atoms with Crippen molar-refractivity contribution in [2.24, 2.45) is 5.73 Å². The maximum absolute atomic E-state index is 6.22. The number of fused-ring (bicyclic) bond motifs is 4. The van der Waals surface area contributed by atoms with Gasteiger partial charge in [0, 0.05) is 47.9 Å². The fourth-order valence-corrected chi connectivity index (χ4v) is 6.12. The number of anilines is 1. The first-order valence-electron chi connectivity index (χ1n) is 10.8. The van der Waals surface area contributed by atoms with Crippen molar-refractivity contribution in [3.05, 3.63) is 69.3 Å². The summed E-state index contributed by atoms with van der Waals surface area (Å²) in [6.45, 7) is 6.18. The zero-order valence-electron chi connectivity index (χ0n) is 18.5. The van der Waals surface area contributed by atoms with Gasteiger partial charge in [-0.3, -0.25) is 0 Å². The number of nitrogens with two attached hydrogens (primary N) is 1. The van der Waals surface area contributed by atoms with Crippen molar-refractivity contribution in [3.8, 4) is 5.88 Å². The molecule has 0 fully saturated rings. The highest BCUT2D eigenvalue weighted by Crippen LogP contribution is 2.50. The molecule has 3 aromatic rings. The predicted molar refractivity (Wildman–Crippen MR) is 133 cm³/mol. The van der Waals surface area contributed by atoms with Crippen molar-refractivity contribution in [1.29, 1.82) is 0 Å². The van der Waals surface area contributed by atoms with Gasteiger partial charge in [0.2, 0.25) is 5.88 Å². The second-order valence-corrected chi connectivity index (χ2v) is 10.1. The third-order valence-electron chi connectivity index (χ3n) is 6.38. The monoisotopic (exact) mass is 465 g/mol. The molecule has 0 amide bonds. The summed E-state index contributed by atoms with van der Waals surface area (Å²) in [5.74, 6) is 1.00. The Morgan fingerprint density at radius 1 is 1.31 bits per heavy atom. The average molecular weight is 466 g/mol. The van der Waals surface area contributed by atoms with Crippen LogP contribution < -0.4 is 20.7 Å². The van der Waals surface area contributed by atoms with Crippen LogP contribution in [0.5, 0.6) is 5.88 Å². The van der Waals surface area contributed by atoms with E-state index < -0.39 is 5.41 Å². The Morgan fingerprint density at radius 3 is 2.84 bits per heavy atom. The third kappa shape index (κ3) is 3.16. The minimum absolute atomic E-state index is 0.0353. The first-order valence-corrected chi connectivity index (χ1v) is 12.1. The van der Waals surface area contributed by atoms with Gasteiger partial charge in [-0.15, -0.1) is 11.3 Å². The van der Waals surface area contributed by atoms with E-state index in [1.165, 1.54) is 10.4 Å². The molecule has 1 aromatic carbocycles. The number of hydrogen-bond acceptors (Lipinski definition) is 7. The Kier molecular flexibility index (Phi) is 5.49. The maximum Gasteiger partial charge on any atom is 0.213 e. The third-order valence-corrected chi connectivity index (χ3v) is 8.23. The van der Waals surface area contributed by atoms with Crippen LogP contribution in [0, 0.1) is 0 Å². The molecule has 32 heavy (non-hydrogen) atoms. The number of thiocarbonyl (C=S) groups is 1. The number of nitrogens with zero attached hydrogens (tertiary/aromatic N) is 3. The Morgan fingerprint density at radius 2 is 2.12 bits per heavy atom. The number of rotatable bonds is 5. The molecule has 8 heteroatoms. The lowest BCUT2D eigenvalue weighted by Crippen LogP contribution is -2.53. The zero-order chi connectivity index (χ0) is 22.5. The summed E-state index contributed by atoms with van der Waals surface area (Å²) in [5, 5.41) is 4.79. The summed E-state index contributed by atoms with van der Waals surface area (Å²) in [4.78, 5) is 13.9. The van der Waals surface area contributed by atoms with E-state index in [0.717, 1.165) is 26.9 Å². The summed E-state index contributed by atoms with van der Waals surface area (Å²) >= 11 is 7.98. The Bertz CT molecular complexity index is 1180. The highest BCUT2D eigenvalue weighted by molar-refractivity contribution is 7.80. The molecule has 166 valence electrons. The topological polar surface area (TPSA) is 76.3 Å². The van der Waals surface area contributed by atoms with Gasteiger partial charge < -0.3 is 20.7 Å². The molecule has 2 aromatic heterocycles. The fraction of sp³-hybridized carbons (Fsp3) is 0.375. The van der Waals surface area contributed by atoms with Crippen molar-refractivity contribution >= 4 is 34.2 Å². The van der Waals surface area contributed by atoms with E-state index in [1.807, 2.05) is 12.3 Å². The van der Waals surface area contributed by atoms with Gasteiger partial charge in [-0.25, -0.2) is 9.97 Å². The largest absolute Gasteiger partial charge is 0.481 e. The summed E-state index contributed by atoms with van der Waals surface area (Å²) in [6.07, 6.45) is 1.98. The molecule has 2 unspecified atom stereocenters. The summed E-state index contributed by atoms with van der Waals surface area (Å²) < 4.78 is 5.50. The zero-order valence-corrected chi connectivity index (χ0v) is 20.1. The van der Waals surface area contributed by atoms with Crippen LogP contribution in [0.15, 0.2) is 42.6 Å². The van der Waals surface area contributed by atoms with Crippen molar-refractivity contribution in [2.75, 3.05) is 25.1 Å². The molecule has 2 atom stereocenters. The van der Waals surface area contributed by atoms with Crippen molar-refractivity contribution < 1.29 is 4.74 Å². The van der Waals surface area contributed by atoms with Gasteiger partial charge in [0.05, 0.1) is 24.4 Å².